The van der Waals surface area contributed by atoms with Crippen LogP contribution in [0.4, 0.5) is 39.5 Å². The number of alkyl halides is 8. The van der Waals surface area contributed by atoms with Gasteiger partial charge in [0, 0.05) is 24.0 Å². The van der Waals surface area contributed by atoms with Crippen LogP contribution in [0, 0.1) is 5.41 Å². The van der Waals surface area contributed by atoms with Crippen LogP contribution in [0.1, 0.15) is 65.6 Å². The summed E-state index contributed by atoms with van der Waals surface area (Å²) in [6.07, 6.45) is -11.2. The van der Waals surface area contributed by atoms with Crippen LogP contribution in [0.2, 0.25) is 15.1 Å². The smallest absolute Gasteiger partial charge is 0.346 e. The number of rotatable bonds is 10. The molecule has 15 heteroatoms. The number of carbonyl (C=O) groups is 2. The van der Waals surface area contributed by atoms with Gasteiger partial charge in [0.1, 0.15) is 12.4 Å². The van der Waals surface area contributed by atoms with Crippen molar-refractivity contribution in [3.63, 3.8) is 0 Å². The Morgan fingerprint density at radius 1 is 0.976 bits per heavy atom. The van der Waals surface area contributed by atoms with Gasteiger partial charge in [-0.2, -0.15) is 26.3 Å². The lowest BCUT2D eigenvalue weighted by Crippen LogP contribution is -2.39. The summed E-state index contributed by atoms with van der Waals surface area (Å²) in [4.78, 5) is 25.1. The number of allylic oxidation sites excluding steroid dienone is 1. The molecule has 0 radical (unpaired) electrons. The molecule has 2 aromatic carbocycles. The molecule has 230 valence electrons. The third kappa shape index (κ3) is 7.93. The molecule has 2 aromatic rings. The number of Topliss-reactive ketones (excluding diaryl/α,β-unsaturated/α-hetero) is 1. The summed E-state index contributed by atoms with van der Waals surface area (Å²) in [5, 5.41) is 1.05. The van der Waals surface area contributed by atoms with Crippen LogP contribution in [0.5, 0.6) is 0 Å². The van der Waals surface area contributed by atoms with Gasteiger partial charge in [0.05, 0.1) is 32.0 Å². The normalized spacial score (nSPS) is 16.3. The van der Waals surface area contributed by atoms with E-state index in [-0.39, 0.29) is 39.5 Å². The van der Waals surface area contributed by atoms with Crippen molar-refractivity contribution in [2.75, 3.05) is 6.54 Å². The fourth-order valence-corrected chi connectivity index (χ4v) is 4.87. The predicted molar refractivity (Wildman–Crippen MR) is 140 cm³/mol. The predicted octanol–water partition coefficient (Wildman–Crippen LogP) is 9.84. The fourth-order valence-electron chi connectivity index (χ4n) is 4.26. The zero-order chi connectivity index (χ0) is 31.8. The maximum Gasteiger partial charge on any atom is 0.417 e. The van der Waals surface area contributed by atoms with Gasteiger partial charge in [0.15, 0.2) is 5.78 Å². The highest BCUT2D eigenvalue weighted by Gasteiger charge is 2.52. The highest BCUT2D eigenvalue weighted by Crippen LogP contribution is 2.50. The van der Waals surface area contributed by atoms with Gasteiger partial charge < -0.3 is 5.32 Å². The van der Waals surface area contributed by atoms with Crippen molar-refractivity contribution in [1.82, 2.24) is 5.32 Å². The minimum atomic E-state index is -5.22. The van der Waals surface area contributed by atoms with E-state index in [9.17, 15) is 44.7 Å². The summed E-state index contributed by atoms with van der Waals surface area (Å²) in [7, 11) is 0. The van der Waals surface area contributed by atoms with Crippen LogP contribution in [0.3, 0.4) is 0 Å². The molecule has 1 aliphatic carbocycles. The molecule has 1 saturated carbocycles. The highest BCUT2D eigenvalue weighted by molar-refractivity contribution is 6.48. The van der Waals surface area contributed by atoms with Crippen LogP contribution >= 0.6 is 34.8 Å². The molecule has 0 aromatic heterocycles. The summed E-state index contributed by atoms with van der Waals surface area (Å²) in [6, 6.07) is 3.69. The number of ketones is 1. The maximum atomic E-state index is 15.3. The molecular formula is C27H21Cl3F9NO2. The molecular weight excluding hydrogens is 648 g/mol. The number of hydrogen-bond donors (Lipinski definition) is 1. The second-order valence-electron chi connectivity index (χ2n) is 9.84. The zero-order valence-corrected chi connectivity index (χ0v) is 23.7. The van der Waals surface area contributed by atoms with Crippen molar-refractivity contribution in [2.45, 2.75) is 56.8 Å². The van der Waals surface area contributed by atoms with E-state index in [0.29, 0.717) is 12.1 Å². The Balaban J connectivity index is 1.98. The molecule has 3 rings (SSSR count). The van der Waals surface area contributed by atoms with E-state index < -0.39 is 83.2 Å². The standard InChI is InChI=1S/C27H21Cl3F9NO2/c1-2-25(32,33)16(14-8-18(28)22(30)19(29)9-14)10-20(31)13-3-4-15(17(7-13)27(37,38)39)21(41)11-24(5-6-24)23(42)40-12-26(34,35)36/h3-4,7-10,16H,2,5-6,11-12H2,1H3,(H,40,42)/b20-10-. The van der Waals surface area contributed by atoms with Gasteiger partial charge in [-0.1, -0.05) is 53.9 Å². The first-order valence-corrected chi connectivity index (χ1v) is 13.3. The van der Waals surface area contributed by atoms with Crippen LogP contribution < -0.4 is 5.32 Å². The number of amides is 1. The average molecular weight is 669 g/mol. The topological polar surface area (TPSA) is 46.2 Å². The minimum Gasteiger partial charge on any atom is -0.346 e. The molecule has 42 heavy (non-hydrogen) atoms. The Hall–Kier alpha value is -2.44. The SMILES string of the molecule is CCC(F)(F)C(/C=C(\F)c1ccc(C(=O)CC2(C(=O)NCC(F)(F)F)CC2)c(C(F)(F)F)c1)c1cc(Cl)c(Cl)c(Cl)c1. The van der Waals surface area contributed by atoms with Crippen molar-refractivity contribution >= 4 is 52.3 Å². The Morgan fingerprint density at radius 3 is 2.02 bits per heavy atom. The molecule has 1 amide bonds. The first-order valence-electron chi connectivity index (χ1n) is 12.2. The van der Waals surface area contributed by atoms with Gasteiger partial charge in [0.25, 0.3) is 5.92 Å². The molecule has 1 fully saturated rings. The van der Waals surface area contributed by atoms with Gasteiger partial charge >= 0.3 is 12.4 Å². The van der Waals surface area contributed by atoms with Crippen molar-refractivity contribution < 1.29 is 49.1 Å². The van der Waals surface area contributed by atoms with Gasteiger partial charge in [0.2, 0.25) is 5.91 Å². The first-order chi connectivity index (χ1) is 19.2. The third-order valence-electron chi connectivity index (χ3n) is 6.79. The number of nitrogens with one attached hydrogen (secondary N) is 1. The zero-order valence-electron chi connectivity index (χ0n) is 21.4. The molecule has 1 unspecified atom stereocenters. The van der Waals surface area contributed by atoms with Gasteiger partial charge in [-0.05, 0) is 42.7 Å². The van der Waals surface area contributed by atoms with E-state index in [1.54, 1.807) is 5.32 Å². The molecule has 1 N–H and O–H groups in total. The van der Waals surface area contributed by atoms with Crippen LogP contribution in [-0.2, 0) is 11.0 Å². The first kappa shape index (κ1) is 34.1. The van der Waals surface area contributed by atoms with Crippen molar-refractivity contribution in [3.8, 4) is 0 Å². The molecule has 0 saturated heterocycles. The summed E-state index contributed by atoms with van der Waals surface area (Å²) >= 11 is 17.7. The quantitative estimate of drug-likeness (QED) is 0.156. The van der Waals surface area contributed by atoms with Crippen molar-refractivity contribution in [2.24, 2.45) is 5.41 Å². The number of carbonyl (C=O) groups excluding carboxylic acids is 2. The van der Waals surface area contributed by atoms with E-state index in [0.717, 1.165) is 25.1 Å². The number of hydrogen-bond acceptors (Lipinski definition) is 2. The number of benzene rings is 2. The van der Waals surface area contributed by atoms with Crippen LogP contribution in [0.25, 0.3) is 5.83 Å². The molecule has 0 heterocycles. The Labute approximate surface area is 249 Å². The van der Waals surface area contributed by atoms with E-state index in [2.05, 4.69) is 0 Å². The lowest BCUT2D eigenvalue weighted by atomic mass is 9.88. The van der Waals surface area contributed by atoms with Gasteiger partial charge in [-0.15, -0.1) is 0 Å². The Kier molecular flexibility index (Phi) is 9.96. The summed E-state index contributed by atoms with van der Waals surface area (Å²) in [6.45, 7) is -0.571. The number of halogens is 12. The third-order valence-corrected chi connectivity index (χ3v) is 7.99. The fraction of sp³-hybridized carbons (Fsp3) is 0.407. The molecule has 0 spiro atoms. The second kappa shape index (κ2) is 12.3. The van der Waals surface area contributed by atoms with Gasteiger partial charge in [-0.25, -0.2) is 13.2 Å². The monoisotopic (exact) mass is 667 g/mol. The second-order valence-corrected chi connectivity index (χ2v) is 11.0. The molecule has 0 bridgehead atoms. The molecule has 0 aliphatic heterocycles. The van der Waals surface area contributed by atoms with Gasteiger partial charge in [-0.3, -0.25) is 9.59 Å². The Morgan fingerprint density at radius 2 is 1.55 bits per heavy atom. The van der Waals surface area contributed by atoms with E-state index >= 15 is 4.39 Å². The summed E-state index contributed by atoms with van der Waals surface area (Å²) in [5.41, 5.74) is -5.23. The van der Waals surface area contributed by atoms with Crippen molar-refractivity contribution in [3.05, 3.63) is 73.7 Å². The summed E-state index contributed by atoms with van der Waals surface area (Å²) in [5.74, 6) is -9.46. The molecule has 3 nitrogen and oxygen atoms in total. The molecule has 1 aliphatic rings. The van der Waals surface area contributed by atoms with Crippen LogP contribution in [0.15, 0.2) is 36.4 Å². The maximum absolute atomic E-state index is 15.3. The Bertz CT molecular complexity index is 1380. The summed E-state index contributed by atoms with van der Waals surface area (Å²) < 4.78 is 124. The van der Waals surface area contributed by atoms with E-state index in [1.807, 2.05) is 0 Å². The molecule has 1 atom stereocenters. The lowest BCUT2D eigenvalue weighted by molar-refractivity contribution is -0.141. The largest absolute Gasteiger partial charge is 0.417 e. The van der Waals surface area contributed by atoms with Crippen molar-refractivity contribution in [1.29, 1.82) is 0 Å². The van der Waals surface area contributed by atoms with E-state index in [4.69, 9.17) is 34.8 Å². The van der Waals surface area contributed by atoms with Crippen LogP contribution in [-0.4, -0.2) is 30.3 Å². The highest BCUT2D eigenvalue weighted by atomic mass is 35.5. The van der Waals surface area contributed by atoms with E-state index in [1.165, 1.54) is 0 Å². The average Bonchev–Trinajstić information content (AvgIpc) is 3.67. The lowest BCUT2D eigenvalue weighted by Gasteiger charge is -2.25. The minimum absolute atomic E-state index is 0.0228.